The number of aromatic nitrogens is 4. The number of aromatic amines is 1. The molecule has 2 N–H and O–H groups in total. The zero-order chi connectivity index (χ0) is 14.6. The molecule has 2 aromatic heterocycles. The number of nitrogens with zero attached hydrogens (tertiary/aromatic N) is 3. The first-order chi connectivity index (χ1) is 9.47. The van der Waals surface area contributed by atoms with Crippen LogP contribution in [0.2, 0.25) is 0 Å². The summed E-state index contributed by atoms with van der Waals surface area (Å²) in [4.78, 5) is 7.35. The van der Waals surface area contributed by atoms with Gasteiger partial charge in [0.15, 0.2) is 0 Å². The molecule has 0 aliphatic carbocycles. The third-order valence-corrected chi connectivity index (χ3v) is 3.25. The standard InChI is InChI=1S/C15H25N5/c1-15(2,3)14-12(11-20(4)19-14)10-16-7-5-6-13-17-8-9-18-13/h8-9,11,16H,5-7,10H2,1-4H3,(H,17,18). The summed E-state index contributed by atoms with van der Waals surface area (Å²) in [7, 11) is 1.98. The summed E-state index contributed by atoms with van der Waals surface area (Å²) in [5.74, 6) is 1.06. The van der Waals surface area contributed by atoms with Crippen LogP contribution in [0.4, 0.5) is 0 Å². The van der Waals surface area contributed by atoms with Gasteiger partial charge in [-0.25, -0.2) is 4.98 Å². The number of hydrogen-bond acceptors (Lipinski definition) is 3. The molecule has 2 heterocycles. The lowest BCUT2D eigenvalue weighted by atomic mass is 9.89. The molecule has 0 aliphatic heterocycles. The molecule has 0 bridgehead atoms. The van der Waals surface area contributed by atoms with Gasteiger partial charge in [0, 0.05) is 49.6 Å². The maximum atomic E-state index is 4.58. The molecule has 0 saturated carbocycles. The molecule has 0 fully saturated rings. The molecule has 5 heteroatoms. The van der Waals surface area contributed by atoms with Gasteiger partial charge in [-0.15, -0.1) is 0 Å². The molecule has 0 unspecified atom stereocenters. The quantitative estimate of drug-likeness (QED) is 0.794. The summed E-state index contributed by atoms with van der Waals surface area (Å²) in [5, 5.41) is 8.08. The molecule has 5 nitrogen and oxygen atoms in total. The zero-order valence-electron chi connectivity index (χ0n) is 12.9. The maximum Gasteiger partial charge on any atom is 0.106 e. The second-order valence-electron chi connectivity index (χ2n) is 6.24. The van der Waals surface area contributed by atoms with Crippen molar-refractivity contribution in [1.29, 1.82) is 0 Å². The molecular formula is C15H25N5. The molecule has 0 saturated heterocycles. The van der Waals surface area contributed by atoms with Crippen molar-refractivity contribution >= 4 is 0 Å². The number of hydrogen-bond donors (Lipinski definition) is 2. The van der Waals surface area contributed by atoms with Gasteiger partial charge in [-0.3, -0.25) is 4.68 Å². The molecule has 0 atom stereocenters. The number of imidazole rings is 1. The lowest BCUT2D eigenvalue weighted by Crippen LogP contribution is -2.20. The van der Waals surface area contributed by atoms with Gasteiger partial charge >= 0.3 is 0 Å². The summed E-state index contributed by atoms with van der Waals surface area (Å²) < 4.78 is 1.90. The molecule has 110 valence electrons. The fourth-order valence-corrected chi connectivity index (χ4v) is 2.34. The van der Waals surface area contributed by atoms with Crippen LogP contribution in [0.15, 0.2) is 18.6 Å². The van der Waals surface area contributed by atoms with Crippen LogP contribution in [0.1, 0.15) is 44.3 Å². The van der Waals surface area contributed by atoms with Crippen molar-refractivity contribution in [3.05, 3.63) is 35.7 Å². The SMILES string of the molecule is Cn1cc(CNCCCc2ncc[nH]2)c(C(C)(C)C)n1. The lowest BCUT2D eigenvalue weighted by molar-refractivity contribution is 0.542. The Balaban J connectivity index is 1.79. The van der Waals surface area contributed by atoms with Crippen molar-refractivity contribution in [1.82, 2.24) is 25.1 Å². The van der Waals surface area contributed by atoms with E-state index in [4.69, 9.17) is 0 Å². The van der Waals surface area contributed by atoms with E-state index in [9.17, 15) is 0 Å². The second kappa shape index (κ2) is 6.22. The minimum absolute atomic E-state index is 0.0897. The third kappa shape index (κ3) is 3.93. The van der Waals surface area contributed by atoms with E-state index in [0.29, 0.717) is 0 Å². The van der Waals surface area contributed by atoms with Gasteiger partial charge < -0.3 is 10.3 Å². The Morgan fingerprint density at radius 3 is 2.80 bits per heavy atom. The Kier molecular flexibility index (Phi) is 4.60. The number of H-pyrrole nitrogens is 1. The van der Waals surface area contributed by atoms with Crippen molar-refractivity contribution in [2.75, 3.05) is 6.54 Å². The van der Waals surface area contributed by atoms with Gasteiger partial charge in [0.25, 0.3) is 0 Å². The summed E-state index contributed by atoms with van der Waals surface area (Å²) >= 11 is 0. The summed E-state index contributed by atoms with van der Waals surface area (Å²) in [6.45, 7) is 8.47. The summed E-state index contributed by atoms with van der Waals surface area (Å²) in [6.07, 6.45) is 7.85. The number of nitrogens with one attached hydrogen (secondary N) is 2. The highest BCUT2D eigenvalue weighted by Crippen LogP contribution is 2.23. The van der Waals surface area contributed by atoms with Crippen molar-refractivity contribution in [3.8, 4) is 0 Å². The molecular weight excluding hydrogens is 250 g/mol. The van der Waals surface area contributed by atoms with Crippen LogP contribution in [0.5, 0.6) is 0 Å². The zero-order valence-corrected chi connectivity index (χ0v) is 12.9. The monoisotopic (exact) mass is 275 g/mol. The Morgan fingerprint density at radius 2 is 2.15 bits per heavy atom. The van der Waals surface area contributed by atoms with Gasteiger partial charge in [0.05, 0.1) is 5.69 Å². The molecule has 2 aromatic rings. The highest BCUT2D eigenvalue weighted by atomic mass is 15.3. The van der Waals surface area contributed by atoms with Crippen LogP contribution in [0.25, 0.3) is 0 Å². The minimum atomic E-state index is 0.0897. The van der Waals surface area contributed by atoms with E-state index in [0.717, 1.165) is 31.8 Å². The molecule has 0 aliphatic rings. The van der Waals surface area contributed by atoms with Crippen LogP contribution < -0.4 is 5.32 Å². The molecule has 0 amide bonds. The first-order valence-electron chi connectivity index (χ1n) is 7.19. The van der Waals surface area contributed by atoms with Gasteiger partial charge in [-0.2, -0.15) is 5.10 Å². The van der Waals surface area contributed by atoms with Gasteiger partial charge in [-0.05, 0) is 13.0 Å². The Morgan fingerprint density at radius 1 is 1.35 bits per heavy atom. The third-order valence-electron chi connectivity index (χ3n) is 3.25. The van der Waals surface area contributed by atoms with Crippen molar-refractivity contribution in [3.63, 3.8) is 0 Å². The first-order valence-corrected chi connectivity index (χ1v) is 7.19. The van der Waals surface area contributed by atoms with Crippen LogP contribution in [-0.2, 0) is 25.4 Å². The summed E-state index contributed by atoms with van der Waals surface area (Å²) in [5.41, 5.74) is 2.56. The van der Waals surface area contributed by atoms with Crippen molar-refractivity contribution in [2.45, 2.75) is 45.6 Å². The fraction of sp³-hybridized carbons (Fsp3) is 0.600. The molecule has 20 heavy (non-hydrogen) atoms. The van der Waals surface area contributed by atoms with E-state index in [2.05, 4.69) is 47.4 Å². The van der Waals surface area contributed by atoms with Crippen LogP contribution in [-0.4, -0.2) is 26.3 Å². The minimum Gasteiger partial charge on any atom is -0.349 e. The smallest absolute Gasteiger partial charge is 0.106 e. The van der Waals surface area contributed by atoms with E-state index in [1.54, 1.807) is 6.20 Å². The number of rotatable bonds is 6. The Labute approximate surface area is 120 Å². The predicted molar refractivity (Wildman–Crippen MR) is 80.5 cm³/mol. The van der Waals surface area contributed by atoms with Gasteiger partial charge in [0.2, 0.25) is 0 Å². The van der Waals surface area contributed by atoms with Crippen LogP contribution in [0.3, 0.4) is 0 Å². The average molecular weight is 275 g/mol. The predicted octanol–water partition coefficient (Wildman–Crippen LogP) is 2.16. The lowest BCUT2D eigenvalue weighted by Gasteiger charge is -2.17. The van der Waals surface area contributed by atoms with Crippen LogP contribution in [0, 0.1) is 0 Å². The second-order valence-corrected chi connectivity index (χ2v) is 6.24. The molecule has 0 radical (unpaired) electrons. The fourth-order valence-electron chi connectivity index (χ4n) is 2.34. The van der Waals surface area contributed by atoms with E-state index >= 15 is 0 Å². The van der Waals surface area contributed by atoms with Crippen molar-refractivity contribution < 1.29 is 0 Å². The Hall–Kier alpha value is -1.62. The average Bonchev–Trinajstić information content (AvgIpc) is 2.97. The largest absolute Gasteiger partial charge is 0.349 e. The molecule has 0 aromatic carbocycles. The topological polar surface area (TPSA) is 58.5 Å². The summed E-state index contributed by atoms with van der Waals surface area (Å²) in [6, 6.07) is 0. The maximum absolute atomic E-state index is 4.58. The van der Waals surface area contributed by atoms with Crippen molar-refractivity contribution in [2.24, 2.45) is 7.05 Å². The first kappa shape index (κ1) is 14.8. The highest BCUT2D eigenvalue weighted by Gasteiger charge is 2.21. The van der Waals surface area contributed by atoms with E-state index < -0.39 is 0 Å². The molecule has 2 rings (SSSR count). The van der Waals surface area contributed by atoms with E-state index in [1.165, 1.54) is 11.3 Å². The normalized spacial score (nSPS) is 12.0. The number of aryl methyl sites for hydroxylation is 2. The van der Waals surface area contributed by atoms with E-state index in [1.807, 2.05) is 17.9 Å². The van der Waals surface area contributed by atoms with E-state index in [-0.39, 0.29) is 5.41 Å². The molecule has 0 spiro atoms. The highest BCUT2D eigenvalue weighted by molar-refractivity contribution is 5.23. The van der Waals surface area contributed by atoms with Crippen LogP contribution >= 0.6 is 0 Å². The van der Waals surface area contributed by atoms with Gasteiger partial charge in [-0.1, -0.05) is 20.8 Å². The Bertz CT molecular complexity index is 519. The van der Waals surface area contributed by atoms with Gasteiger partial charge in [0.1, 0.15) is 5.82 Å².